The summed E-state index contributed by atoms with van der Waals surface area (Å²) in [7, 11) is 0. The van der Waals surface area contributed by atoms with Crippen molar-refractivity contribution >= 4 is 40.4 Å². The quantitative estimate of drug-likeness (QED) is 0.199. The molecule has 12 nitrogen and oxygen atoms in total. The van der Waals surface area contributed by atoms with Gasteiger partial charge in [0.15, 0.2) is 11.8 Å². The third-order valence-corrected chi connectivity index (χ3v) is 10.7. The second-order valence-electron chi connectivity index (χ2n) is 12.5. The minimum Gasteiger partial charge on any atom is -0.458 e. The lowest BCUT2D eigenvalue weighted by Crippen LogP contribution is -2.71. The molecule has 3 aliphatic heterocycles. The van der Waals surface area contributed by atoms with Crippen molar-refractivity contribution < 1.29 is 43.6 Å². The zero-order valence-electron chi connectivity index (χ0n) is 23.2. The number of benzene rings is 1. The van der Waals surface area contributed by atoms with Crippen molar-refractivity contribution in [2.45, 2.75) is 94.0 Å². The average Bonchev–Trinajstić information content (AvgIpc) is 3.90. The van der Waals surface area contributed by atoms with Gasteiger partial charge in [-0.15, -0.1) is 0 Å². The van der Waals surface area contributed by atoms with Crippen LogP contribution in [-0.4, -0.2) is 94.6 Å². The minimum atomic E-state index is -1.46. The molecule has 0 radical (unpaired) electrons. The van der Waals surface area contributed by atoms with Gasteiger partial charge in [-0.3, -0.25) is 19.2 Å². The van der Waals surface area contributed by atoms with E-state index in [2.05, 4.69) is 33.2 Å². The Hall–Kier alpha value is -1.88. The molecule has 6 fully saturated rings. The molecule has 228 valence electrons. The lowest BCUT2D eigenvalue weighted by atomic mass is 9.62. The summed E-state index contributed by atoms with van der Waals surface area (Å²) in [5.41, 5.74) is -0.545. The predicted octanol–water partition coefficient (Wildman–Crippen LogP) is 0.366. The maximum Gasteiger partial charge on any atom is 0.327 e. The number of esters is 1. The van der Waals surface area contributed by atoms with Crippen LogP contribution in [0.25, 0.3) is 0 Å². The Kier molecular flexibility index (Phi) is 7.31. The number of carbonyl (C=O) groups excluding carboxylic acids is 3. The maximum atomic E-state index is 14.5. The zero-order valence-corrected chi connectivity index (χ0v) is 25.4. The number of hydrogen-bond donors (Lipinski definition) is 4. The molecule has 3 heterocycles. The summed E-state index contributed by atoms with van der Waals surface area (Å²) in [6.07, 6.45) is 0.0178. The van der Waals surface area contributed by atoms with Crippen LogP contribution in [0.2, 0.25) is 0 Å². The number of hydroxylamine groups is 2. The van der Waals surface area contributed by atoms with E-state index in [9.17, 15) is 19.5 Å². The molecule has 3 saturated heterocycles. The van der Waals surface area contributed by atoms with Gasteiger partial charge >= 0.3 is 5.97 Å². The van der Waals surface area contributed by atoms with Gasteiger partial charge in [0.1, 0.15) is 35.9 Å². The van der Waals surface area contributed by atoms with Gasteiger partial charge in [0.05, 0.1) is 19.3 Å². The van der Waals surface area contributed by atoms with Crippen LogP contribution < -0.4 is 10.6 Å². The second kappa shape index (κ2) is 10.6. The SMILES string of the molecule is C[C@H](O)[C@@H](NC(=O)[C@@]12C[C@H]3OC(=O)[C@@H]1N(Cc1ccccc1I)O[C@@H]2[C@H]1OC(C2CC2)(C2CC2)O[C@H]13)C(=O)NCCO. The van der Waals surface area contributed by atoms with Crippen molar-refractivity contribution in [2.24, 2.45) is 17.3 Å². The normalized spacial score (nSPS) is 36.1. The number of carbonyl (C=O) groups is 3. The molecular formula is C29H36IN3O9. The standard InChI is InChI=1S/C29H36IN3O9/c1-14(35)20(25(36)31-10-11-34)32-27(38)28-12-19-21-22(41-29(40-21,16-6-7-16)17-8-9-17)24(28)42-33(23(28)26(37)39-19)13-15-4-2-3-5-18(15)30/h2-5,14,16-17,19-24,34-35H,6-13H2,1H3,(H,31,36)(H,32,38)/t14-,19+,20+,21-,22-,23-,24+,28-/m0/s1. The summed E-state index contributed by atoms with van der Waals surface area (Å²) >= 11 is 2.23. The fraction of sp³-hybridized carbons (Fsp3) is 0.690. The summed E-state index contributed by atoms with van der Waals surface area (Å²) in [5.74, 6) is -2.09. The van der Waals surface area contributed by atoms with Crippen molar-refractivity contribution in [3.8, 4) is 0 Å². The molecule has 8 atom stereocenters. The van der Waals surface area contributed by atoms with Crippen LogP contribution in [0.5, 0.6) is 0 Å². The van der Waals surface area contributed by atoms with E-state index in [1.807, 2.05) is 24.3 Å². The highest BCUT2D eigenvalue weighted by Crippen LogP contribution is 2.63. The molecule has 6 aliphatic rings. The van der Waals surface area contributed by atoms with Gasteiger partial charge in [0, 0.05) is 28.4 Å². The summed E-state index contributed by atoms with van der Waals surface area (Å²) < 4.78 is 20.6. The van der Waals surface area contributed by atoms with Crippen LogP contribution in [0.1, 0.15) is 44.6 Å². The molecule has 3 saturated carbocycles. The molecule has 0 aromatic heterocycles. The molecule has 13 heteroatoms. The smallest absolute Gasteiger partial charge is 0.327 e. The minimum absolute atomic E-state index is 0.0331. The number of fused-ring (bicyclic) bond motifs is 4. The first-order chi connectivity index (χ1) is 20.2. The number of nitrogens with zero attached hydrogens (tertiary/aromatic N) is 1. The molecule has 2 amide bonds. The van der Waals surface area contributed by atoms with E-state index in [1.165, 1.54) is 12.0 Å². The fourth-order valence-electron chi connectivity index (χ4n) is 7.43. The molecule has 0 spiro atoms. The molecule has 1 aromatic rings. The van der Waals surface area contributed by atoms with Crippen molar-refractivity contribution in [3.05, 3.63) is 33.4 Å². The lowest BCUT2D eigenvalue weighted by molar-refractivity contribution is -0.235. The third kappa shape index (κ3) is 4.49. The maximum absolute atomic E-state index is 14.5. The number of amides is 2. The summed E-state index contributed by atoms with van der Waals surface area (Å²) in [5, 5.41) is 26.4. The van der Waals surface area contributed by atoms with Gasteiger partial charge in [-0.25, -0.2) is 0 Å². The Labute approximate surface area is 256 Å². The lowest BCUT2D eigenvalue weighted by Gasteiger charge is -2.49. The van der Waals surface area contributed by atoms with Crippen LogP contribution in [0.4, 0.5) is 0 Å². The van der Waals surface area contributed by atoms with E-state index >= 15 is 0 Å². The number of rotatable bonds is 10. The van der Waals surface area contributed by atoms with Crippen molar-refractivity contribution in [1.29, 1.82) is 0 Å². The van der Waals surface area contributed by atoms with Crippen molar-refractivity contribution in [3.63, 3.8) is 0 Å². The summed E-state index contributed by atoms with van der Waals surface area (Å²) in [6, 6.07) is 5.30. The molecule has 3 aliphatic carbocycles. The Morgan fingerprint density at radius 2 is 1.83 bits per heavy atom. The number of hydrogen-bond acceptors (Lipinski definition) is 10. The van der Waals surface area contributed by atoms with Crippen LogP contribution >= 0.6 is 22.6 Å². The highest BCUT2D eigenvalue weighted by Gasteiger charge is 2.78. The molecule has 2 bridgehead atoms. The number of aliphatic hydroxyl groups is 2. The second-order valence-corrected chi connectivity index (χ2v) is 13.6. The van der Waals surface area contributed by atoms with E-state index in [0.29, 0.717) is 0 Å². The summed E-state index contributed by atoms with van der Waals surface area (Å²) in [4.78, 5) is 47.8. The van der Waals surface area contributed by atoms with E-state index in [4.69, 9.17) is 24.2 Å². The summed E-state index contributed by atoms with van der Waals surface area (Å²) in [6.45, 7) is 1.30. The largest absolute Gasteiger partial charge is 0.458 e. The van der Waals surface area contributed by atoms with Crippen molar-refractivity contribution in [2.75, 3.05) is 13.2 Å². The zero-order chi connectivity index (χ0) is 29.4. The topological polar surface area (TPSA) is 156 Å². The van der Waals surface area contributed by atoms with Gasteiger partial charge in [0.25, 0.3) is 0 Å². The number of halogens is 1. The van der Waals surface area contributed by atoms with E-state index in [0.717, 1.165) is 34.8 Å². The first-order valence-electron chi connectivity index (χ1n) is 14.8. The van der Waals surface area contributed by atoms with E-state index < -0.39 is 71.6 Å². The Bertz CT molecular complexity index is 1260. The molecule has 0 unspecified atom stereocenters. The van der Waals surface area contributed by atoms with E-state index in [1.54, 1.807) is 0 Å². The average molecular weight is 698 g/mol. The first-order valence-corrected chi connectivity index (χ1v) is 15.9. The number of ether oxygens (including phenoxy) is 3. The van der Waals surface area contributed by atoms with Gasteiger partial charge < -0.3 is 35.1 Å². The molecule has 1 aromatic carbocycles. The predicted molar refractivity (Wildman–Crippen MR) is 152 cm³/mol. The van der Waals surface area contributed by atoms with Gasteiger partial charge in [-0.1, -0.05) is 18.2 Å². The highest BCUT2D eigenvalue weighted by molar-refractivity contribution is 14.1. The Morgan fingerprint density at radius 3 is 2.48 bits per heavy atom. The van der Waals surface area contributed by atoms with Gasteiger partial charge in [-0.2, -0.15) is 5.06 Å². The van der Waals surface area contributed by atoms with Gasteiger partial charge in [0.2, 0.25) is 11.8 Å². The molecule has 4 N–H and O–H groups in total. The third-order valence-electron chi connectivity index (χ3n) is 9.65. The van der Waals surface area contributed by atoms with Crippen LogP contribution in [0.3, 0.4) is 0 Å². The fourth-order valence-corrected chi connectivity index (χ4v) is 7.99. The molecule has 7 rings (SSSR count). The van der Waals surface area contributed by atoms with E-state index in [-0.39, 0.29) is 38.0 Å². The van der Waals surface area contributed by atoms with Crippen LogP contribution in [0, 0.1) is 20.8 Å². The Morgan fingerprint density at radius 1 is 1.14 bits per heavy atom. The number of aliphatic hydroxyl groups excluding tert-OH is 2. The Balaban J connectivity index is 1.27. The molecule has 42 heavy (non-hydrogen) atoms. The van der Waals surface area contributed by atoms with Gasteiger partial charge in [-0.05, 0) is 66.8 Å². The van der Waals surface area contributed by atoms with Crippen LogP contribution in [-0.2, 0) is 40.0 Å². The van der Waals surface area contributed by atoms with Crippen molar-refractivity contribution in [1.82, 2.24) is 15.7 Å². The first kappa shape index (κ1) is 28.9. The molecular weight excluding hydrogens is 661 g/mol. The monoisotopic (exact) mass is 697 g/mol. The van der Waals surface area contributed by atoms with Crippen LogP contribution in [0.15, 0.2) is 24.3 Å². The highest BCUT2D eigenvalue weighted by atomic mass is 127. The number of nitrogens with one attached hydrogen (secondary N) is 2.